The van der Waals surface area contributed by atoms with Crippen molar-refractivity contribution in [2.45, 2.75) is 50.3 Å². The largest absolute Gasteiger partial charge is 0.481 e. The molecule has 3 atom stereocenters. The van der Waals surface area contributed by atoms with Crippen LogP contribution in [0.1, 0.15) is 51.0 Å². The van der Waals surface area contributed by atoms with Gasteiger partial charge in [0.2, 0.25) is 0 Å². The van der Waals surface area contributed by atoms with Crippen LogP contribution in [0.15, 0.2) is 29.2 Å². The van der Waals surface area contributed by atoms with Gasteiger partial charge in [-0.1, -0.05) is 32.0 Å². The van der Waals surface area contributed by atoms with Crippen molar-refractivity contribution < 1.29 is 9.90 Å². The van der Waals surface area contributed by atoms with E-state index in [0.717, 1.165) is 31.4 Å². The molecule has 1 aliphatic heterocycles. The summed E-state index contributed by atoms with van der Waals surface area (Å²) in [7, 11) is 0. The summed E-state index contributed by atoms with van der Waals surface area (Å²) < 4.78 is 0. The van der Waals surface area contributed by atoms with Gasteiger partial charge >= 0.3 is 5.97 Å². The van der Waals surface area contributed by atoms with E-state index in [1.165, 1.54) is 10.5 Å². The van der Waals surface area contributed by atoms with Crippen molar-refractivity contribution in [1.29, 1.82) is 0 Å². The van der Waals surface area contributed by atoms with Crippen LogP contribution < -0.4 is 0 Å². The van der Waals surface area contributed by atoms with Gasteiger partial charge in [-0.25, -0.2) is 0 Å². The van der Waals surface area contributed by atoms with Crippen molar-refractivity contribution in [3.63, 3.8) is 0 Å². The van der Waals surface area contributed by atoms with Gasteiger partial charge in [-0.05, 0) is 54.6 Å². The minimum atomic E-state index is -0.588. The molecule has 0 saturated heterocycles. The third kappa shape index (κ3) is 3.13. The molecule has 1 saturated carbocycles. The van der Waals surface area contributed by atoms with Gasteiger partial charge in [0.15, 0.2) is 0 Å². The average molecular weight is 304 g/mol. The van der Waals surface area contributed by atoms with Crippen LogP contribution in [0.5, 0.6) is 0 Å². The van der Waals surface area contributed by atoms with Crippen LogP contribution in [0.3, 0.4) is 0 Å². The molecule has 0 aromatic heterocycles. The predicted octanol–water partition coefficient (Wildman–Crippen LogP) is 4.79. The van der Waals surface area contributed by atoms with Crippen molar-refractivity contribution in [2.75, 3.05) is 5.75 Å². The summed E-state index contributed by atoms with van der Waals surface area (Å²) in [6.07, 6.45) is 3.96. The molecule has 2 nitrogen and oxygen atoms in total. The standard InChI is InChI=1S/C18H24O2S/c1-18(2)8-7-15(17(19)20)12(10-18)9-13-11-21-16-6-4-3-5-14(13)16/h3-6,12-13,15H,7-11H2,1-2H3,(H,19,20). The van der Waals surface area contributed by atoms with Crippen LogP contribution >= 0.6 is 11.8 Å². The molecule has 2 aliphatic rings. The second-order valence-electron chi connectivity index (χ2n) is 7.39. The summed E-state index contributed by atoms with van der Waals surface area (Å²) >= 11 is 1.93. The van der Waals surface area contributed by atoms with E-state index in [0.29, 0.717) is 17.3 Å². The molecule has 1 N–H and O–H groups in total. The van der Waals surface area contributed by atoms with Crippen LogP contribution in [-0.4, -0.2) is 16.8 Å². The fourth-order valence-corrected chi connectivity index (χ4v) is 5.37. The Balaban J connectivity index is 1.77. The number of hydrogen-bond acceptors (Lipinski definition) is 2. The Labute approximate surface area is 131 Å². The maximum Gasteiger partial charge on any atom is 0.306 e. The molecule has 3 rings (SSSR count). The summed E-state index contributed by atoms with van der Waals surface area (Å²) in [5.74, 6) is 1.24. The molecule has 114 valence electrons. The molecule has 1 aromatic carbocycles. The molecule has 0 spiro atoms. The molecular weight excluding hydrogens is 280 g/mol. The zero-order chi connectivity index (χ0) is 15.0. The fourth-order valence-electron chi connectivity index (χ4n) is 4.10. The van der Waals surface area contributed by atoms with Gasteiger partial charge in [-0.3, -0.25) is 4.79 Å². The third-order valence-electron chi connectivity index (χ3n) is 5.22. The Hall–Kier alpha value is -0.960. The summed E-state index contributed by atoms with van der Waals surface area (Å²) in [5.41, 5.74) is 1.73. The van der Waals surface area contributed by atoms with E-state index in [-0.39, 0.29) is 5.92 Å². The van der Waals surface area contributed by atoms with Gasteiger partial charge < -0.3 is 5.11 Å². The summed E-state index contributed by atoms with van der Waals surface area (Å²) in [6.45, 7) is 4.57. The van der Waals surface area contributed by atoms with Crippen LogP contribution in [0, 0.1) is 17.3 Å². The highest BCUT2D eigenvalue weighted by molar-refractivity contribution is 7.99. The molecule has 3 heteroatoms. The first-order valence-electron chi connectivity index (χ1n) is 7.91. The Morgan fingerprint density at radius 1 is 1.38 bits per heavy atom. The molecule has 0 radical (unpaired) electrons. The Morgan fingerprint density at radius 3 is 2.90 bits per heavy atom. The number of benzene rings is 1. The third-order valence-corrected chi connectivity index (χ3v) is 6.47. The van der Waals surface area contributed by atoms with E-state index in [4.69, 9.17) is 0 Å². The molecule has 3 unspecified atom stereocenters. The molecule has 21 heavy (non-hydrogen) atoms. The highest BCUT2D eigenvalue weighted by Gasteiger charge is 2.40. The average Bonchev–Trinajstić information content (AvgIpc) is 2.81. The minimum absolute atomic E-state index is 0.143. The SMILES string of the molecule is CC1(C)CCC(C(=O)O)C(CC2CSc3ccccc32)C1. The van der Waals surface area contributed by atoms with E-state index < -0.39 is 5.97 Å². The fraction of sp³-hybridized carbons (Fsp3) is 0.611. The lowest BCUT2D eigenvalue weighted by atomic mass is 9.65. The van der Waals surface area contributed by atoms with Gasteiger partial charge in [-0.15, -0.1) is 11.8 Å². The van der Waals surface area contributed by atoms with Gasteiger partial charge in [0.1, 0.15) is 0 Å². The van der Waals surface area contributed by atoms with Crippen molar-refractivity contribution in [3.8, 4) is 0 Å². The summed E-state index contributed by atoms with van der Waals surface area (Å²) in [5, 5.41) is 9.54. The highest BCUT2D eigenvalue weighted by Crippen LogP contribution is 2.49. The Bertz CT molecular complexity index is 538. The van der Waals surface area contributed by atoms with Crippen LogP contribution in [0.25, 0.3) is 0 Å². The molecule has 1 fully saturated rings. The minimum Gasteiger partial charge on any atom is -0.481 e. The van der Waals surface area contributed by atoms with Gasteiger partial charge in [0.25, 0.3) is 0 Å². The Kier molecular flexibility index (Phi) is 4.04. The zero-order valence-corrected chi connectivity index (χ0v) is 13.7. The van der Waals surface area contributed by atoms with Gasteiger partial charge in [-0.2, -0.15) is 0 Å². The van der Waals surface area contributed by atoms with Crippen molar-refractivity contribution >= 4 is 17.7 Å². The normalized spacial score (nSPS) is 30.9. The molecule has 1 heterocycles. The van der Waals surface area contributed by atoms with E-state index >= 15 is 0 Å². The number of hydrogen-bond donors (Lipinski definition) is 1. The van der Waals surface area contributed by atoms with Crippen LogP contribution in [0.4, 0.5) is 0 Å². The van der Waals surface area contributed by atoms with Crippen molar-refractivity contribution in [2.24, 2.45) is 17.3 Å². The molecule has 1 aliphatic carbocycles. The second kappa shape index (κ2) is 5.68. The lowest BCUT2D eigenvalue weighted by molar-refractivity contribution is -0.146. The molecule has 0 bridgehead atoms. The first-order valence-corrected chi connectivity index (χ1v) is 8.89. The maximum atomic E-state index is 11.6. The van der Waals surface area contributed by atoms with E-state index in [1.54, 1.807) is 0 Å². The predicted molar refractivity (Wildman–Crippen MR) is 86.8 cm³/mol. The first-order chi connectivity index (χ1) is 9.96. The molecule has 1 aromatic rings. The maximum absolute atomic E-state index is 11.6. The number of carbonyl (C=O) groups is 1. The number of aliphatic carboxylic acids is 1. The van der Waals surface area contributed by atoms with E-state index in [1.807, 2.05) is 11.8 Å². The van der Waals surface area contributed by atoms with Crippen molar-refractivity contribution in [3.05, 3.63) is 29.8 Å². The second-order valence-corrected chi connectivity index (χ2v) is 8.46. The number of carboxylic acids is 1. The number of rotatable bonds is 3. The quantitative estimate of drug-likeness (QED) is 0.872. The zero-order valence-electron chi connectivity index (χ0n) is 12.8. The lowest BCUT2D eigenvalue weighted by Crippen LogP contribution is -2.35. The smallest absolute Gasteiger partial charge is 0.306 e. The van der Waals surface area contributed by atoms with Gasteiger partial charge in [0.05, 0.1) is 5.92 Å². The summed E-state index contributed by atoms with van der Waals surface area (Å²) in [6, 6.07) is 8.62. The highest BCUT2D eigenvalue weighted by atomic mass is 32.2. The number of thioether (sulfide) groups is 1. The molecule has 0 amide bonds. The van der Waals surface area contributed by atoms with Crippen LogP contribution in [-0.2, 0) is 4.79 Å². The topological polar surface area (TPSA) is 37.3 Å². The van der Waals surface area contributed by atoms with E-state index in [2.05, 4.69) is 38.1 Å². The van der Waals surface area contributed by atoms with Crippen LogP contribution in [0.2, 0.25) is 0 Å². The summed E-state index contributed by atoms with van der Waals surface area (Å²) in [4.78, 5) is 13.0. The van der Waals surface area contributed by atoms with Crippen molar-refractivity contribution in [1.82, 2.24) is 0 Å². The number of carboxylic acid groups (broad SMARTS) is 1. The molecular formula is C18H24O2S. The van der Waals surface area contributed by atoms with E-state index in [9.17, 15) is 9.90 Å². The van der Waals surface area contributed by atoms with Gasteiger partial charge in [0, 0.05) is 10.6 Å². The lowest BCUT2D eigenvalue weighted by Gasteiger charge is -2.40. The first kappa shape index (κ1) is 15.0. The Morgan fingerprint density at radius 2 is 2.14 bits per heavy atom. The monoisotopic (exact) mass is 304 g/mol. The number of fused-ring (bicyclic) bond motifs is 1.